The van der Waals surface area contributed by atoms with Crippen LogP contribution in [0.1, 0.15) is 38.5 Å². The maximum absolute atomic E-state index is 11.6. The molecule has 3 rings (SSSR count). The molecule has 5 nitrogen and oxygen atoms in total. The number of carbonyl (C=O) groups excluding carboxylic acids is 1. The van der Waals surface area contributed by atoms with Gasteiger partial charge in [-0.2, -0.15) is 0 Å². The summed E-state index contributed by atoms with van der Waals surface area (Å²) in [6.07, 6.45) is 6.59. The summed E-state index contributed by atoms with van der Waals surface area (Å²) >= 11 is 0. The molecule has 22 heavy (non-hydrogen) atoms. The monoisotopic (exact) mass is 309 g/mol. The molecule has 0 aromatic carbocycles. The van der Waals surface area contributed by atoms with E-state index in [1.165, 1.54) is 45.3 Å². The summed E-state index contributed by atoms with van der Waals surface area (Å²) in [4.78, 5) is 18.5. The molecule has 0 spiro atoms. The Morgan fingerprint density at radius 1 is 1.00 bits per heavy atom. The molecule has 126 valence electrons. The Kier molecular flexibility index (Phi) is 5.71. The highest BCUT2D eigenvalue weighted by atomic mass is 16.3. The number of likely N-dealkylation sites (tertiary alicyclic amines) is 3. The summed E-state index contributed by atoms with van der Waals surface area (Å²) in [5.41, 5.74) is 0. The van der Waals surface area contributed by atoms with Gasteiger partial charge in [-0.3, -0.25) is 4.79 Å². The number of amides is 1. The van der Waals surface area contributed by atoms with Gasteiger partial charge in [-0.15, -0.1) is 0 Å². The lowest BCUT2D eigenvalue weighted by Crippen LogP contribution is -2.40. The van der Waals surface area contributed by atoms with Crippen molar-refractivity contribution in [3.05, 3.63) is 0 Å². The third-order valence-electron chi connectivity index (χ3n) is 5.41. The maximum atomic E-state index is 11.6. The highest BCUT2D eigenvalue weighted by molar-refractivity contribution is 5.78. The zero-order valence-corrected chi connectivity index (χ0v) is 13.8. The number of aliphatic hydroxyl groups is 1. The number of carbonyl (C=O) groups is 1. The van der Waals surface area contributed by atoms with E-state index in [4.69, 9.17) is 0 Å². The largest absolute Gasteiger partial charge is 0.390 e. The number of β-amino-alcohol motifs (C(OH)–C–C–N with tert-alkyl or cyclic N) is 1. The molecular weight excluding hydrogens is 278 g/mol. The topological polar surface area (TPSA) is 47.0 Å². The zero-order valence-electron chi connectivity index (χ0n) is 13.8. The van der Waals surface area contributed by atoms with Crippen molar-refractivity contribution in [2.24, 2.45) is 5.92 Å². The molecule has 2 unspecified atom stereocenters. The Morgan fingerprint density at radius 2 is 1.82 bits per heavy atom. The molecule has 1 amide bonds. The van der Waals surface area contributed by atoms with Crippen molar-refractivity contribution in [1.29, 1.82) is 0 Å². The minimum Gasteiger partial charge on any atom is -0.390 e. The quantitative estimate of drug-likeness (QED) is 0.787. The molecule has 3 aliphatic heterocycles. The first kappa shape index (κ1) is 16.2. The van der Waals surface area contributed by atoms with E-state index in [0.29, 0.717) is 13.0 Å². The van der Waals surface area contributed by atoms with Gasteiger partial charge < -0.3 is 19.8 Å². The van der Waals surface area contributed by atoms with E-state index in [-0.39, 0.29) is 5.91 Å². The number of rotatable bonds is 6. The molecule has 3 saturated heterocycles. The van der Waals surface area contributed by atoms with Crippen LogP contribution in [0.5, 0.6) is 0 Å². The van der Waals surface area contributed by atoms with Gasteiger partial charge in [0.25, 0.3) is 0 Å². The van der Waals surface area contributed by atoms with Crippen molar-refractivity contribution < 1.29 is 9.90 Å². The van der Waals surface area contributed by atoms with E-state index in [1.807, 2.05) is 4.90 Å². The van der Waals surface area contributed by atoms with Crippen LogP contribution in [0.3, 0.4) is 0 Å². The molecule has 3 aliphatic rings. The van der Waals surface area contributed by atoms with Crippen LogP contribution in [0.15, 0.2) is 0 Å². The van der Waals surface area contributed by atoms with Gasteiger partial charge in [0.1, 0.15) is 0 Å². The van der Waals surface area contributed by atoms with Crippen LogP contribution in [-0.4, -0.2) is 84.2 Å². The van der Waals surface area contributed by atoms with Crippen LogP contribution in [-0.2, 0) is 4.79 Å². The van der Waals surface area contributed by atoms with Gasteiger partial charge in [0.05, 0.1) is 6.10 Å². The second-order valence-electron chi connectivity index (χ2n) is 7.37. The Bertz CT molecular complexity index is 371. The van der Waals surface area contributed by atoms with Gasteiger partial charge in [-0.1, -0.05) is 6.42 Å². The minimum atomic E-state index is -0.393. The zero-order chi connectivity index (χ0) is 15.4. The summed E-state index contributed by atoms with van der Waals surface area (Å²) in [7, 11) is 0. The standard InChI is InChI=1S/C17H31N3O2/c21-16(14-20-9-4-5-17(20)22)13-19-10-6-15(12-19)11-18-7-2-1-3-8-18/h15-16,21H,1-14H2. The number of hydrogen-bond donors (Lipinski definition) is 1. The van der Waals surface area contributed by atoms with Gasteiger partial charge in [-0.05, 0) is 51.2 Å². The van der Waals surface area contributed by atoms with Crippen molar-refractivity contribution in [2.75, 3.05) is 52.4 Å². The van der Waals surface area contributed by atoms with Crippen molar-refractivity contribution in [3.63, 3.8) is 0 Å². The molecule has 0 saturated carbocycles. The maximum Gasteiger partial charge on any atom is 0.222 e. The first-order valence-electron chi connectivity index (χ1n) is 9.11. The van der Waals surface area contributed by atoms with Crippen molar-refractivity contribution in [2.45, 2.75) is 44.6 Å². The average Bonchev–Trinajstić information content (AvgIpc) is 3.10. The number of nitrogens with zero attached hydrogens (tertiary/aromatic N) is 3. The van der Waals surface area contributed by atoms with Crippen LogP contribution in [0.25, 0.3) is 0 Å². The lowest BCUT2D eigenvalue weighted by atomic mass is 10.1. The fourth-order valence-corrected chi connectivity index (χ4v) is 4.24. The molecule has 0 bridgehead atoms. The van der Waals surface area contributed by atoms with Crippen LogP contribution in [0.4, 0.5) is 0 Å². The van der Waals surface area contributed by atoms with Crippen LogP contribution >= 0.6 is 0 Å². The highest BCUT2D eigenvalue weighted by Crippen LogP contribution is 2.20. The minimum absolute atomic E-state index is 0.212. The second-order valence-corrected chi connectivity index (χ2v) is 7.37. The lowest BCUT2D eigenvalue weighted by molar-refractivity contribution is -0.129. The number of piperidine rings is 1. The van der Waals surface area contributed by atoms with Crippen LogP contribution in [0.2, 0.25) is 0 Å². The number of aliphatic hydroxyl groups excluding tert-OH is 1. The van der Waals surface area contributed by atoms with Crippen LogP contribution in [0, 0.1) is 5.92 Å². The summed E-state index contributed by atoms with van der Waals surface area (Å²) in [5, 5.41) is 10.2. The summed E-state index contributed by atoms with van der Waals surface area (Å²) in [6, 6.07) is 0. The van der Waals surface area contributed by atoms with Gasteiger partial charge >= 0.3 is 0 Å². The fraction of sp³-hybridized carbons (Fsp3) is 0.941. The van der Waals surface area contributed by atoms with E-state index in [0.717, 1.165) is 38.5 Å². The van der Waals surface area contributed by atoms with E-state index in [9.17, 15) is 9.90 Å². The summed E-state index contributed by atoms with van der Waals surface area (Å²) in [5.74, 6) is 0.974. The van der Waals surface area contributed by atoms with Crippen molar-refractivity contribution in [1.82, 2.24) is 14.7 Å². The van der Waals surface area contributed by atoms with Crippen molar-refractivity contribution in [3.8, 4) is 0 Å². The SMILES string of the molecule is O=C1CCCN1CC(O)CN1CCC(CN2CCCCC2)C1. The van der Waals surface area contributed by atoms with E-state index in [2.05, 4.69) is 9.80 Å². The Hall–Kier alpha value is -0.650. The molecule has 0 radical (unpaired) electrons. The van der Waals surface area contributed by atoms with Crippen LogP contribution < -0.4 is 0 Å². The van der Waals surface area contributed by atoms with E-state index < -0.39 is 6.10 Å². The highest BCUT2D eigenvalue weighted by Gasteiger charge is 2.28. The molecule has 5 heteroatoms. The lowest BCUT2D eigenvalue weighted by Gasteiger charge is -2.29. The van der Waals surface area contributed by atoms with Gasteiger partial charge in [0, 0.05) is 39.1 Å². The Morgan fingerprint density at radius 3 is 2.55 bits per heavy atom. The molecular formula is C17H31N3O2. The molecule has 3 fully saturated rings. The molecule has 1 N–H and O–H groups in total. The summed E-state index contributed by atoms with van der Waals surface area (Å²) in [6.45, 7) is 8.06. The van der Waals surface area contributed by atoms with E-state index >= 15 is 0 Å². The second kappa shape index (κ2) is 7.75. The van der Waals surface area contributed by atoms with Gasteiger partial charge in [-0.25, -0.2) is 0 Å². The molecule has 0 aliphatic carbocycles. The van der Waals surface area contributed by atoms with E-state index in [1.54, 1.807) is 0 Å². The van der Waals surface area contributed by atoms with Gasteiger partial charge in [0.15, 0.2) is 0 Å². The molecule has 2 atom stereocenters. The number of hydrogen-bond acceptors (Lipinski definition) is 4. The van der Waals surface area contributed by atoms with Gasteiger partial charge in [0.2, 0.25) is 5.91 Å². The molecule has 0 aromatic heterocycles. The third-order valence-corrected chi connectivity index (χ3v) is 5.41. The summed E-state index contributed by atoms with van der Waals surface area (Å²) < 4.78 is 0. The Balaban J connectivity index is 1.36. The average molecular weight is 309 g/mol. The third kappa shape index (κ3) is 4.43. The predicted octanol–water partition coefficient (Wildman–Crippen LogP) is 0.778. The first-order valence-corrected chi connectivity index (χ1v) is 9.11. The molecule has 3 heterocycles. The Labute approximate surface area is 134 Å². The first-order chi connectivity index (χ1) is 10.7. The smallest absolute Gasteiger partial charge is 0.222 e. The predicted molar refractivity (Wildman–Crippen MR) is 86.7 cm³/mol. The van der Waals surface area contributed by atoms with Crippen molar-refractivity contribution >= 4 is 5.91 Å². The normalized spacial score (nSPS) is 29.4. The molecule has 0 aromatic rings. The fourth-order valence-electron chi connectivity index (χ4n) is 4.24.